The maximum absolute atomic E-state index is 12.0. The van der Waals surface area contributed by atoms with E-state index in [0.717, 1.165) is 5.76 Å². The molecule has 1 fully saturated rings. The molecule has 2 aromatic rings. The van der Waals surface area contributed by atoms with E-state index >= 15 is 0 Å². The summed E-state index contributed by atoms with van der Waals surface area (Å²) in [5, 5.41) is 5.89. The molecule has 1 atom stereocenters. The molecule has 1 saturated carbocycles. The minimum atomic E-state index is -0.151. The zero-order valence-corrected chi connectivity index (χ0v) is 11.2. The molecule has 4 heteroatoms. The maximum Gasteiger partial charge on any atom is 0.315 e. The highest BCUT2D eigenvalue weighted by atomic mass is 16.3. The molecule has 0 bridgehead atoms. The van der Waals surface area contributed by atoms with Crippen molar-refractivity contribution in [1.29, 1.82) is 0 Å². The predicted octanol–water partition coefficient (Wildman–Crippen LogP) is 3.23. The number of amides is 2. The van der Waals surface area contributed by atoms with E-state index in [4.69, 9.17) is 4.42 Å². The number of hydrogen-bond acceptors (Lipinski definition) is 2. The first-order valence-electron chi connectivity index (χ1n) is 6.94. The van der Waals surface area contributed by atoms with Gasteiger partial charge in [-0.25, -0.2) is 4.79 Å². The Bertz CT molecular complexity index is 547. The van der Waals surface area contributed by atoms with Crippen molar-refractivity contribution in [2.45, 2.75) is 25.4 Å². The van der Waals surface area contributed by atoms with Crippen molar-refractivity contribution in [2.75, 3.05) is 0 Å². The van der Waals surface area contributed by atoms with E-state index in [1.807, 2.05) is 30.3 Å². The Kier molecular flexibility index (Phi) is 3.72. The van der Waals surface area contributed by atoms with Crippen LogP contribution in [0.2, 0.25) is 0 Å². The molecule has 2 amide bonds. The van der Waals surface area contributed by atoms with Crippen molar-refractivity contribution in [2.24, 2.45) is 5.92 Å². The molecule has 104 valence electrons. The van der Waals surface area contributed by atoms with Gasteiger partial charge in [-0.15, -0.1) is 0 Å². The molecule has 2 N–H and O–H groups in total. The van der Waals surface area contributed by atoms with Crippen LogP contribution in [0.4, 0.5) is 4.79 Å². The molecule has 4 nitrogen and oxygen atoms in total. The number of carbonyl (C=O) groups excluding carboxylic acids is 1. The number of hydrogen-bond donors (Lipinski definition) is 2. The zero-order valence-electron chi connectivity index (χ0n) is 11.2. The third-order valence-electron chi connectivity index (χ3n) is 3.54. The monoisotopic (exact) mass is 270 g/mol. The number of rotatable bonds is 5. The van der Waals surface area contributed by atoms with Gasteiger partial charge >= 0.3 is 6.03 Å². The first kappa shape index (κ1) is 12.8. The van der Waals surface area contributed by atoms with Crippen molar-refractivity contribution < 1.29 is 9.21 Å². The van der Waals surface area contributed by atoms with Gasteiger partial charge in [0.1, 0.15) is 5.76 Å². The Morgan fingerprint density at radius 1 is 1.20 bits per heavy atom. The van der Waals surface area contributed by atoms with Crippen LogP contribution in [0.5, 0.6) is 0 Å². The van der Waals surface area contributed by atoms with E-state index in [9.17, 15) is 4.79 Å². The van der Waals surface area contributed by atoms with Crippen molar-refractivity contribution in [3.63, 3.8) is 0 Å². The second-order valence-electron chi connectivity index (χ2n) is 5.13. The largest absolute Gasteiger partial charge is 0.467 e. The first-order valence-corrected chi connectivity index (χ1v) is 6.94. The van der Waals surface area contributed by atoms with Gasteiger partial charge in [0.05, 0.1) is 18.8 Å². The van der Waals surface area contributed by atoms with E-state index in [-0.39, 0.29) is 12.1 Å². The Hall–Kier alpha value is -2.23. The van der Waals surface area contributed by atoms with Crippen LogP contribution in [0, 0.1) is 5.92 Å². The lowest BCUT2D eigenvalue weighted by Crippen LogP contribution is -2.38. The van der Waals surface area contributed by atoms with Gasteiger partial charge in [-0.1, -0.05) is 30.3 Å². The van der Waals surface area contributed by atoms with Crippen molar-refractivity contribution in [1.82, 2.24) is 10.6 Å². The van der Waals surface area contributed by atoms with E-state index in [1.54, 1.807) is 6.26 Å². The Balaban J connectivity index is 1.58. The summed E-state index contributed by atoms with van der Waals surface area (Å²) in [5.74, 6) is 1.31. The second-order valence-corrected chi connectivity index (χ2v) is 5.13. The van der Waals surface area contributed by atoms with Gasteiger partial charge in [-0.05, 0) is 36.5 Å². The summed E-state index contributed by atoms with van der Waals surface area (Å²) in [4.78, 5) is 12.0. The predicted molar refractivity (Wildman–Crippen MR) is 76.0 cm³/mol. The molecule has 20 heavy (non-hydrogen) atoms. The highest BCUT2D eigenvalue weighted by molar-refractivity contribution is 5.74. The first-order chi connectivity index (χ1) is 9.83. The van der Waals surface area contributed by atoms with Gasteiger partial charge in [0.25, 0.3) is 0 Å². The Morgan fingerprint density at radius 3 is 2.65 bits per heavy atom. The number of benzene rings is 1. The quantitative estimate of drug-likeness (QED) is 0.876. The molecule has 1 heterocycles. The summed E-state index contributed by atoms with van der Waals surface area (Å²) in [6, 6.07) is 13.7. The summed E-state index contributed by atoms with van der Waals surface area (Å²) in [5.41, 5.74) is 1.17. The van der Waals surface area contributed by atoms with E-state index < -0.39 is 0 Å². The van der Waals surface area contributed by atoms with Crippen molar-refractivity contribution in [3.8, 4) is 0 Å². The van der Waals surface area contributed by atoms with Crippen LogP contribution in [0.1, 0.15) is 30.2 Å². The summed E-state index contributed by atoms with van der Waals surface area (Å²) in [6.45, 7) is 0.408. The molecule has 0 aliphatic heterocycles. The van der Waals surface area contributed by atoms with E-state index in [1.165, 1.54) is 18.4 Å². The average molecular weight is 270 g/mol. The van der Waals surface area contributed by atoms with Crippen LogP contribution in [-0.4, -0.2) is 6.03 Å². The molecule has 0 spiro atoms. The molecule has 1 aromatic heterocycles. The van der Waals surface area contributed by atoms with E-state index in [2.05, 4.69) is 22.8 Å². The molecule has 1 unspecified atom stereocenters. The SMILES string of the molecule is O=C(NCc1ccco1)NC(c1ccccc1)C1CC1. The van der Waals surface area contributed by atoms with Gasteiger partial charge in [0, 0.05) is 0 Å². The summed E-state index contributed by atoms with van der Waals surface area (Å²) in [7, 11) is 0. The fourth-order valence-electron chi connectivity index (χ4n) is 2.34. The molecule has 0 radical (unpaired) electrons. The van der Waals surface area contributed by atoms with Crippen LogP contribution in [-0.2, 0) is 6.54 Å². The van der Waals surface area contributed by atoms with Crippen LogP contribution >= 0.6 is 0 Å². The lowest BCUT2D eigenvalue weighted by molar-refractivity contribution is 0.234. The van der Waals surface area contributed by atoms with Gasteiger partial charge in [0.2, 0.25) is 0 Å². The van der Waals surface area contributed by atoms with Gasteiger partial charge in [-0.2, -0.15) is 0 Å². The molecule has 1 aliphatic carbocycles. The average Bonchev–Trinajstić information content (AvgIpc) is 3.19. The third kappa shape index (κ3) is 3.20. The lowest BCUT2D eigenvalue weighted by Gasteiger charge is -2.19. The fourth-order valence-corrected chi connectivity index (χ4v) is 2.34. The highest BCUT2D eigenvalue weighted by Gasteiger charge is 2.33. The number of nitrogens with one attached hydrogen (secondary N) is 2. The Morgan fingerprint density at radius 2 is 2.00 bits per heavy atom. The highest BCUT2D eigenvalue weighted by Crippen LogP contribution is 2.40. The van der Waals surface area contributed by atoms with Crippen LogP contribution < -0.4 is 10.6 Å². The van der Waals surface area contributed by atoms with Crippen molar-refractivity contribution in [3.05, 3.63) is 60.1 Å². The topological polar surface area (TPSA) is 54.3 Å². The van der Waals surface area contributed by atoms with Gasteiger partial charge in [0.15, 0.2) is 0 Å². The van der Waals surface area contributed by atoms with Crippen LogP contribution in [0.3, 0.4) is 0 Å². The molecular formula is C16H18N2O2. The van der Waals surface area contributed by atoms with Crippen LogP contribution in [0.25, 0.3) is 0 Å². The number of furan rings is 1. The molecule has 1 aromatic carbocycles. The minimum absolute atomic E-state index is 0.104. The summed E-state index contributed by atoms with van der Waals surface area (Å²) in [6.07, 6.45) is 3.96. The smallest absolute Gasteiger partial charge is 0.315 e. The summed E-state index contributed by atoms with van der Waals surface area (Å²) >= 11 is 0. The lowest BCUT2D eigenvalue weighted by atomic mass is 10.0. The molecule has 3 rings (SSSR count). The molecule has 0 saturated heterocycles. The normalized spacial score (nSPS) is 15.6. The molecule has 1 aliphatic rings. The van der Waals surface area contributed by atoms with Crippen molar-refractivity contribution >= 4 is 6.03 Å². The number of urea groups is 1. The second kappa shape index (κ2) is 5.82. The van der Waals surface area contributed by atoms with Gasteiger partial charge < -0.3 is 15.1 Å². The zero-order chi connectivity index (χ0) is 13.8. The van der Waals surface area contributed by atoms with E-state index in [0.29, 0.717) is 12.5 Å². The van der Waals surface area contributed by atoms with Crippen LogP contribution in [0.15, 0.2) is 53.1 Å². The maximum atomic E-state index is 12.0. The fraction of sp³-hybridized carbons (Fsp3) is 0.312. The number of carbonyl (C=O) groups is 1. The standard InChI is InChI=1S/C16H18N2O2/c19-16(17-11-14-7-4-10-20-14)18-15(13-8-9-13)12-5-2-1-3-6-12/h1-7,10,13,15H,8-9,11H2,(H2,17,18,19). The van der Waals surface area contributed by atoms with Gasteiger partial charge in [-0.3, -0.25) is 0 Å². The Labute approximate surface area is 118 Å². The third-order valence-corrected chi connectivity index (χ3v) is 3.54. The molecular weight excluding hydrogens is 252 g/mol. The minimum Gasteiger partial charge on any atom is -0.467 e. The summed E-state index contributed by atoms with van der Waals surface area (Å²) < 4.78 is 5.19.